The molecular weight excluding hydrogens is 292 g/mol. The molecule has 5 nitrogen and oxygen atoms in total. The quantitative estimate of drug-likeness (QED) is 0.649. The maximum absolute atomic E-state index is 12.4. The number of hydrogen-bond acceptors (Lipinski definition) is 3. The minimum absolute atomic E-state index is 0.0155. The second kappa shape index (κ2) is 7.54. The smallest absolute Gasteiger partial charge is 0.273 e. The Kier molecular flexibility index (Phi) is 5.46. The van der Waals surface area contributed by atoms with Gasteiger partial charge < -0.3 is 5.32 Å². The van der Waals surface area contributed by atoms with Crippen LogP contribution >= 0.6 is 0 Å². The minimum Gasteiger partial charge on any atom is -0.325 e. The Labute approximate surface area is 135 Å². The van der Waals surface area contributed by atoms with Crippen LogP contribution in [0.3, 0.4) is 0 Å². The van der Waals surface area contributed by atoms with Crippen LogP contribution in [-0.4, -0.2) is 10.8 Å². The lowest BCUT2D eigenvalue weighted by molar-refractivity contribution is -0.385. The molecule has 0 fully saturated rings. The van der Waals surface area contributed by atoms with Gasteiger partial charge >= 0.3 is 0 Å². The predicted molar refractivity (Wildman–Crippen MR) is 90.6 cm³/mol. The molecule has 0 radical (unpaired) electrons. The lowest BCUT2D eigenvalue weighted by atomic mass is 10.0. The SMILES string of the molecule is CCc1cccc(CC)c1NC(=O)Cc1ccccc1[N+](=O)[O-]. The molecule has 0 unspecified atom stereocenters. The molecule has 0 bridgehead atoms. The maximum atomic E-state index is 12.4. The van der Waals surface area contributed by atoms with Gasteiger partial charge in [0, 0.05) is 17.3 Å². The molecule has 0 atom stereocenters. The molecule has 0 aliphatic carbocycles. The van der Waals surface area contributed by atoms with Crippen molar-refractivity contribution in [2.75, 3.05) is 5.32 Å². The van der Waals surface area contributed by atoms with Gasteiger partial charge in [-0.3, -0.25) is 14.9 Å². The molecular formula is C18H20N2O3. The van der Waals surface area contributed by atoms with Gasteiger partial charge in [0.1, 0.15) is 0 Å². The number of nitrogens with zero attached hydrogens (tertiary/aromatic N) is 1. The van der Waals surface area contributed by atoms with Gasteiger partial charge in [-0.05, 0) is 24.0 Å². The van der Waals surface area contributed by atoms with E-state index < -0.39 is 4.92 Å². The Hall–Kier alpha value is -2.69. The number of para-hydroxylation sites is 2. The van der Waals surface area contributed by atoms with E-state index in [1.807, 2.05) is 32.0 Å². The number of carbonyl (C=O) groups is 1. The van der Waals surface area contributed by atoms with Crippen LogP contribution in [-0.2, 0) is 24.1 Å². The summed E-state index contributed by atoms with van der Waals surface area (Å²) in [5, 5.41) is 14.0. The van der Waals surface area contributed by atoms with Crippen LogP contribution in [0.2, 0.25) is 0 Å². The fraction of sp³-hybridized carbons (Fsp3) is 0.278. The summed E-state index contributed by atoms with van der Waals surface area (Å²) in [5.41, 5.74) is 3.37. The van der Waals surface area contributed by atoms with Crippen LogP contribution in [0.4, 0.5) is 11.4 Å². The predicted octanol–water partition coefficient (Wildman–Crippen LogP) is 3.90. The summed E-state index contributed by atoms with van der Waals surface area (Å²) in [4.78, 5) is 22.9. The standard InChI is InChI=1S/C18H20N2O3/c1-3-13-9-7-10-14(4-2)18(13)19-17(21)12-15-8-5-6-11-16(15)20(22)23/h5-11H,3-4,12H2,1-2H3,(H,19,21). The summed E-state index contributed by atoms with van der Waals surface area (Å²) < 4.78 is 0. The number of rotatable bonds is 6. The highest BCUT2D eigenvalue weighted by Crippen LogP contribution is 2.24. The van der Waals surface area contributed by atoms with Gasteiger partial charge in [0.2, 0.25) is 5.91 Å². The molecule has 0 heterocycles. The number of carbonyl (C=O) groups excluding carboxylic acids is 1. The first-order chi connectivity index (χ1) is 11.1. The van der Waals surface area contributed by atoms with Gasteiger partial charge in [-0.15, -0.1) is 0 Å². The normalized spacial score (nSPS) is 10.3. The van der Waals surface area contributed by atoms with E-state index in [0.717, 1.165) is 29.7 Å². The zero-order valence-electron chi connectivity index (χ0n) is 13.3. The molecule has 0 aromatic heterocycles. The molecule has 23 heavy (non-hydrogen) atoms. The van der Waals surface area contributed by atoms with E-state index >= 15 is 0 Å². The average molecular weight is 312 g/mol. The van der Waals surface area contributed by atoms with E-state index in [2.05, 4.69) is 5.32 Å². The van der Waals surface area contributed by atoms with Crippen molar-refractivity contribution in [1.82, 2.24) is 0 Å². The van der Waals surface area contributed by atoms with Gasteiger partial charge in [-0.2, -0.15) is 0 Å². The Bertz CT molecular complexity index is 704. The van der Waals surface area contributed by atoms with Crippen molar-refractivity contribution in [2.45, 2.75) is 33.1 Å². The Morgan fingerprint density at radius 3 is 2.13 bits per heavy atom. The van der Waals surface area contributed by atoms with Crippen molar-refractivity contribution >= 4 is 17.3 Å². The van der Waals surface area contributed by atoms with Gasteiger partial charge in [-0.1, -0.05) is 50.2 Å². The highest BCUT2D eigenvalue weighted by molar-refractivity contribution is 5.94. The zero-order valence-corrected chi connectivity index (χ0v) is 13.3. The maximum Gasteiger partial charge on any atom is 0.273 e. The van der Waals surface area contributed by atoms with Crippen LogP contribution in [0.5, 0.6) is 0 Å². The summed E-state index contributed by atoms with van der Waals surface area (Å²) in [6.07, 6.45) is 1.61. The Morgan fingerprint density at radius 2 is 1.57 bits per heavy atom. The summed E-state index contributed by atoms with van der Waals surface area (Å²) >= 11 is 0. The monoisotopic (exact) mass is 312 g/mol. The molecule has 2 rings (SSSR count). The van der Waals surface area contributed by atoms with E-state index in [9.17, 15) is 14.9 Å². The van der Waals surface area contributed by atoms with E-state index in [4.69, 9.17) is 0 Å². The van der Waals surface area contributed by atoms with Crippen LogP contribution < -0.4 is 5.32 Å². The highest BCUT2D eigenvalue weighted by Gasteiger charge is 2.17. The van der Waals surface area contributed by atoms with Crippen molar-refractivity contribution in [1.29, 1.82) is 0 Å². The third-order valence-electron chi connectivity index (χ3n) is 3.80. The van der Waals surface area contributed by atoms with Crippen molar-refractivity contribution in [3.8, 4) is 0 Å². The van der Waals surface area contributed by atoms with Gasteiger partial charge in [0.05, 0.1) is 11.3 Å². The second-order valence-corrected chi connectivity index (χ2v) is 5.27. The van der Waals surface area contributed by atoms with E-state index in [0.29, 0.717) is 5.56 Å². The van der Waals surface area contributed by atoms with Gasteiger partial charge in [-0.25, -0.2) is 0 Å². The number of amides is 1. The van der Waals surface area contributed by atoms with Crippen molar-refractivity contribution in [3.05, 3.63) is 69.3 Å². The van der Waals surface area contributed by atoms with Gasteiger partial charge in [0.25, 0.3) is 5.69 Å². The first-order valence-electron chi connectivity index (χ1n) is 7.69. The lowest BCUT2D eigenvalue weighted by Gasteiger charge is -2.14. The topological polar surface area (TPSA) is 72.2 Å². The molecule has 0 aliphatic heterocycles. The molecule has 120 valence electrons. The van der Waals surface area contributed by atoms with Crippen LogP contribution in [0.25, 0.3) is 0 Å². The zero-order chi connectivity index (χ0) is 16.8. The summed E-state index contributed by atoms with van der Waals surface area (Å²) in [6, 6.07) is 12.3. The van der Waals surface area contributed by atoms with Gasteiger partial charge in [0.15, 0.2) is 0 Å². The number of aryl methyl sites for hydroxylation is 2. The Morgan fingerprint density at radius 1 is 1.00 bits per heavy atom. The van der Waals surface area contributed by atoms with Crippen LogP contribution in [0.15, 0.2) is 42.5 Å². The molecule has 0 spiro atoms. The largest absolute Gasteiger partial charge is 0.325 e. The average Bonchev–Trinajstić information content (AvgIpc) is 2.55. The van der Waals surface area contributed by atoms with Crippen LogP contribution in [0, 0.1) is 10.1 Å². The van der Waals surface area contributed by atoms with E-state index in [-0.39, 0.29) is 18.0 Å². The molecule has 0 saturated carbocycles. The number of nitrogens with one attached hydrogen (secondary N) is 1. The fourth-order valence-corrected chi connectivity index (χ4v) is 2.60. The number of anilines is 1. The first kappa shape index (κ1) is 16.7. The van der Waals surface area contributed by atoms with E-state index in [1.165, 1.54) is 6.07 Å². The lowest BCUT2D eigenvalue weighted by Crippen LogP contribution is -2.17. The minimum atomic E-state index is -0.458. The van der Waals surface area contributed by atoms with Crippen molar-refractivity contribution in [2.24, 2.45) is 0 Å². The Balaban J connectivity index is 2.23. The number of nitro groups is 1. The molecule has 1 N–H and O–H groups in total. The third kappa shape index (κ3) is 3.94. The third-order valence-corrected chi connectivity index (χ3v) is 3.80. The fourth-order valence-electron chi connectivity index (χ4n) is 2.60. The molecule has 0 saturated heterocycles. The highest BCUT2D eigenvalue weighted by atomic mass is 16.6. The van der Waals surface area contributed by atoms with Crippen LogP contribution in [0.1, 0.15) is 30.5 Å². The van der Waals surface area contributed by atoms with E-state index in [1.54, 1.807) is 18.2 Å². The molecule has 2 aromatic carbocycles. The number of benzene rings is 2. The summed E-state index contributed by atoms with van der Waals surface area (Å²) in [7, 11) is 0. The molecule has 2 aromatic rings. The summed E-state index contributed by atoms with van der Waals surface area (Å²) in [5.74, 6) is -0.241. The number of nitro benzene ring substituents is 1. The summed E-state index contributed by atoms with van der Waals surface area (Å²) in [6.45, 7) is 4.07. The second-order valence-electron chi connectivity index (χ2n) is 5.27. The first-order valence-corrected chi connectivity index (χ1v) is 7.69. The molecule has 1 amide bonds. The number of hydrogen-bond donors (Lipinski definition) is 1. The molecule has 5 heteroatoms. The molecule has 0 aliphatic rings. The van der Waals surface area contributed by atoms with Crippen molar-refractivity contribution in [3.63, 3.8) is 0 Å². The van der Waals surface area contributed by atoms with Crippen molar-refractivity contribution < 1.29 is 9.72 Å².